The molecule has 6 heteroatoms. The SMILES string of the molecule is CCOc1ccc(CCCC(=O)N2CCC[C@H]2c2nonc2C)cc1C. The Balaban J connectivity index is 1.54. The first-order valence-electron chi connectivity index (χ1n) is 9.41. The van der Waals surface area contributed by atoms with Crippen LogP contribution in [-0.2, 0) is 11.2 Å². The molecule has 1 amide bonds. The Morgan fingerprint density at radius 3 is 2.88 bits per heavy atom. The fourth-order valence-corrected chi connectivity index (χ4v) is 3.66. The predicted molar refractivity (Wildman–Crippen MR) is 98.0 cm³/mol. The van der Waals surface area contributed by atoms with Crippen molar-refractivity contribution in [2.45, 2.75) is 58.9 Å². The summed E-state index contributed by atoms with van der Waals surface area (Å²) in [4.78, 5) is 14.6. The van der Waals surface area contributed by atoms with Gasteiger partial charge in [0.2, 0.25) is 5.91 Å². The molecule has 0 saturated carbocycles. The number of nitrogens with zero attached hydrogens (tertiary/aromatic N) is 3. The average molecular weight is 357 g/mol. The molecule has 0 bridgehead atoms. The molecule has 3 rings (SSSR count). The van der Waals surface area contributed by atoms with Crippen molar-refractivity contribution >= 4 is 5.91 Å². The predicted octanol–water partition coefficient (Wildman–Crippen LogP) is 3.77. The van der Waals surface area contributed by atoms with Gasteiger partial charge in [0.25, 0.3) is 0 Å². The molecule has 0 N–H and O–H groups in total. The van der Waals surface area contributed by atoms with Crippen LogP contribution in [0.15, 0.2) is 22.8 Å². The van der Waals surface area contributed by atoms with Gasteiger partial charge in [-0.15, -0.1) is 0 Å². The molecular formula is C20H27N3O3. The Morgan fingerprint density at radius 1 is 1.35 bits per heavy atom. The fourth-order valence-electron chi connectivity index (χ4n) is 3.66. The summed E-state index contributed by atoms with van der Waals surface area (Å²) in [7, 11) is 0. The quantitative estimate of drug-likeness (QED) is 0.754. The first-order valence-corrected chi connectivity index (χ1v) is 9.41. The zero-order valence-electron chi connectivity index (χ0n) is 15.8. The second-order valence-corrected chi connectivity index (χ2v) is 6.87. The third-order valence-corrected chi connectivity index (χ3v) is 4.97. The topological polar surface area (TPSA) is 68.5 Å². The monoisotopic (exact) mass is 357 g/mol. The summed E-state index contributed by atoms with van der Waals surface area (Å²) in [5.41, 5.74) is 3.97. The second-order valence-electron chi connectivity index (χ2n) is 6.87. The molecule has 6 nitrogen and oxygen atoms in total. The van der Waals surface area contributed by atoms with Crippen LogP contribution >= 0.6 is 0 Å². The number of benzene rings is 1. The summed E-state index contributed by atoms with van der Waals surface area (Å²) in [6, 6.07) is 6.28. The maximum absolute atomic E-state index is 12.7. The van der Waals surface area contributed by atoms with Gasteiger partial charge in [-0.2, -0.15) is 0 Å². The largest absolute Gasteiger partial charge is 0.494 e. The van der Waals surface area contributed by atoms with E-state index in [0.717, 1.165) is 54.9 Å². The number of aryl methyl sites for hydroxylation is 3. The maximum Gasteiger partial charge on any atom is 0.223 e. The van der Waals surface area contributed by atoms with Gasteiger partial charge in [0.15, 0.2) is 0 Å². The van der Waals surface area contributed by atoms with E-state index >= 15 is 0 Å². The zero-order chi connectivity index (χ0) is 18.5. The van der Waals surface area contributed by atoms with Gasteiger partial charge < -0.3 is 9.64 Å². The van der Waals surface area contributed by atoms with E-state index in [0.29, 0.717) is 13.0 Å². The Kier molecular flexibility index (Phi) is 5.91. The average Bonchev–Trinajstić information content (AvgIpc) is 3.25. The van der Waals surface area contributed by atoms with E-state index in [1.807, 2.05) is 24.8 Å². The van der Waals surface area contributed by atoms with Gasteiger partial charge in [-0.05, 0) is 63.6 Å². The van der Waals surface area contributed by atoms with Crippen LogP contribution in [-0.4, -0.2) is 34.3 Å². The number of amides is 1. The van der Waals surface area contributed by atoms with Gasteiger partial charge in [0, 0.05) is 13.0 Å². The number of rotatable bonds is 7. The van der Waals surface area contributed by atoms with Gasteiger partial charge >= 0.3 is 0 Å². The van der Waals surface area contributed by atoms with E-state index in [1.54, 1.807) is 0 Å². The summed E-state index contributed by atoms with van der Waals surface area (Å²) in [5, 5.41) is 7.85. The Morgan fingerprint density at radius 2 is 2.19 bits per heavy atom. The number of carbonyl (C=O) groups is 1. The number of carbonyl (C=O) groups excluding carboxylic acids is 1. The molecule has 1 aliphatic heterocycles. The van der Waals surface area contributed by atoms with Crippen LogP contribution in [0.2, 0.25) is 0 Å². The lowest BCUT2D eigenvalue weighted by Gasteiger charge is -2.23. The van der Waals surface area contributed by atoms with Crippen LogP contribution in [0.5, 0.6) is 5.75 Å². The highest BCUT2D eigenvalue weighted by Crippen LogP contribution is 2.32. The molecule has 1 saturated heterocycles. The lowest BCUT2D eigenvalue weighted by atomic mass is 10.0. The molecule has 0 aliphatic carbocycles. The summed E-state index contributed by atoms with van der Waals surface area (Å²) >= 11 is 0. The number of hydrogen-bond donors (Lipinski definition) is 0. The van der Waals surface area contributed by atoms with Crippen LogP contribution in [0.25, 0.3) is 0 Å². The van der Waals surface area contributed by atoms with Crippen LogP contribution < -0.4 is 4.74 Å². The van der Waals surface area contributed by atoms with Gasteiger partial charge in [0.05, 0.1) is 12.6 Å². The highest BCUT2D eigenvalue weighted by molar-refractivity contribution is 5.77. The first kappa shape index (κ1) is 18.4. The van der Waals surface area contributed by atoms with Crippen molar-refractivity contribution in [2.75, 3.05) is 13.2 Å². The van der Waals surface area contributed by atoms with E-state index < -0.39 is 0 Å². The van der Waals surface area contributed by atoms with E-state index in [2.05, 4.69) is 29.4 Å². The molecule has 1 fully saturated rings. The number of ether oxygens (including phenoxy) is 1. The van der Waals surface area contributed by atoms with Crippen LogP contribution in [0.1, 0.15) is 61.2 Å². The smallest absolute Gasteiger partial charge is 0.223 e. The lowest BCUT2D eigenvalue weighted by Crippen LogP contribution is -2.30. The second kappa shape index (κ2) is 8.34. The first-order chi connectivity index (χ1) is 12.6. The van der Waals surface area contributed by atoms with Crippen molar-refractivity contribution in [3.8, 4) is 5.75 Å². The van der Waals surface area contributed by atoms with Crippen LogP contribution in [0.3, 0.4) is 0 Å². The minimum atomic E-state index is 0.0153. The minimum Gasteiger partial charge on any atom is -0.494 e. The standard InChI is InChI=1S/C20H27N3O3/c1-4-25-18-11-10-16(13-14(18)2)7-5-9-19(24)23-12-6-8-17(23)20-15(3)21-26-22-20/h10-11,13,17H,4-9,12H2,1-3H3/t17-/m0/s1. The Hall–Kier alpha value is -2.37. The molecule has 0 unspecified atom stereocenters. The third-order valence-electron chi connectivity index (χ3n) is 4.97. The van der Waals surface area contributed by atoms with E-state index in [4.69, 9.17) is 9.37 Å². The molecule has 1 aromatic carbocycles. The summed E-state index contributed by atoms with van der Waals surface area (Å²) < 4.78 is 10.4. The summed E-state index contributed by atoms with van der Waals surface area (Å²) in [5.74, 6) is 1.13. The van der Waals surface area contributed by atoms with Crippen LogP contribution in [0, 0.1) is 13.8 Å². The summed E-state index contributed by atoms with van der Waals surface area (Å²) in [6.07, 6.45) is 4.21. The highest BCUT2D eigenvalue weighted by atomic mass is 16.6. The Bertz CT molecular complexity index is 757. The van der Waals surface area contributed by atoms with Gasteiger partial charge in [-0.1, -0.05) is 22.4 Å². The zero-order valence-corrected chi connectivity index (χ0v) is 15.8. The van der Waals surface area contributed by atoms with Crippen molar-refractivity contribution < 1.29 is 14.2 Å². The number of aromatic nitrogens is 2. The molecule has 2 aromatic rings. The van der Waals surface area contributed by atoms with Crippen molar-refractivity contribution in [2.24, 2.45) is 0 Å². The number of likely N-dealkylation sites (tertiary alicyclic amines) is 1. The molecule has 2 heterocycles. The minimum absolute atomic E-state index is 0.0153. The van der Waals surface area contributed by atoms with Gasteiger partial charge in [0.1, 0.15) is 17.1 Å². The molecular weight excluding hydrogens is 330 g/mol. The van der Waals surface area contributed by atoms with E-state index in [-0.39, 0.29) is 11.9 Å². The van der Waals surface area contributed by atoms with Crippen molar-refractivity contribution in [1.82, 2.24) is 15.2 Å². The molecule has 140 valence electrons. The highest BCUT2D eigenvalue weighted by Gasteiger charge is 2.33. The number of hydrogen-bond acceptors (Lipinski definition) is 5. The molecule has 1 aliphatic rings. The summed E-state index contributed by atoms with van der Waals surface area (Å²) in [6.45, 7) is 7.38. The normalized spacial score (nSPS) is 16.9. The molecule has 26 heavy (non-hydrogen) atoms. The lowest BCUT2D eigenvalue weighted by molar-refractivity contribution is -0.132. The maximum atomic E-state index is 12.7. The molecule has 0 radical (unpaired) electrons. The van der Waals surface area contributed by atoms with Crippen molar-refractivity contribution in [1.29, 1.82) is 0 Å². The molecule has 1 aromatic heterocycles. The van der Waals surface area contributed by atoms with Gasteiger partial charge in [-0.3, -0.25) is 4.79 Å². The molecule has 1 atom stereocenters. The molecule has 0 spiro atoms. The van der Waals surface area contributed by atoms with E-state index in [1.165, 1.54) is 5.56 Å². The van der Waals surface area contributed by atoms with Crippen molar-refractivity contribution in [3.63, 3.8) is 0 Å². The van der Waals surface area contributed by atoms with Crippen LogP contribution in [0.4, 0.5) is 0 Å². The van der Waals surface area contributed by atoms with Gasteiger partial charge in [-0.25, -0.2) is 4.63 Å². The van der Waals surface area contributed by atoms with E-state index in [9.17, 15) is 4.79 Å². The third kappa shape index (κ3) is 4.06. The Labute approximate surface area is 154 Å². The fraction of sp³-hybridized carbons (Fsp3) is 0.550. The van der Waals surface area contributed by atoms with Crippen molar-refractivity contribution in [3.05, 3.63) is 40.7 Å².